The van der Waals surface area contributed by atoms with Crippen molar-refractivity contribution >= 4 is 15.8 Å². The van der Waals surface area contributed by atoms with Crippen molar-refractivity contribution in [2.45, 2.75) is 26.2 Å². The summed E-state index contributed by atoms with van der Waals surface area (Å²) in [5.41, 5.74) is 2.08. The Morgan fingerprint density at radius 3 is 2.48 bits per heavy atom. The summed E-state index contributed by atoms with van der Waals surface area (Å²) in [4.78, 5) is 12.2. The molecule has 4 nitrogen and oxygen atoms in total. The normalized spacial score (nSPS) is 15.0. The Kier molecular flexibility index (Phi) is 6.13. The maximum absolute atomic E-state index is 12.4. The van der Waals surface area contributed by atoms with Crippen LogP contribution in [-0.4, -0.2) is 34.3 Å². The average molecular weight is 306 g/mol. The van der Waals surface area contributed by atoms with Crippen LogP contribution in [0, 0.1) is 12.3 Å². The Balaban J connectivity index is 2.97. The van der Waals surface area contributed by atoms with E-state index in [9.17, 15) is 9.00 Å². The third kappa shape index (κ3) is 4.69. The standard InChI is InChI=1S/C16H22N2O2S/c1-6-12-18(4)21(5,20)17-16(19)13(3)15-10-8-14(7-2)9-11-15/h1,8-11,13H,7,12H2,2-5H3. The van der Waals surface area contributed by atoms with E-state index in [1.165, 1.54) is 16.1 Å². The minimum atomic E-state index is -2.77. The summed E-state index contributed by atoms with van der Waals surface area (Å²) in [5.74, 6) is 1.58. The number of nitrogens with zero attached hydrogens (tertiary/aromatic N) is 2. The van der Waals surface area contributed by atoms with E-state index in [0.29, 0.717) is 0 Å². The van der Waals surface area contributed by atoms with Gasteiger partial charge in [0, 0.05) is 13.3 Å². The van der Waals surface area contributed by atoms with Crippen LogP contribution in [0.1, 0.15) is 30.9 Å². The van der Waals surface area contributed by atoms with Crippen LogP contribution in [0.2, 0.25) is 0 Å². The molecule has 1 aromatic rings. The summed E-state index contributed by atoms with van der Waals surface area (Å²) in [6, 6.07) is 7.82. The van der Waals surface area contributed by atoms with Gasteiger partial charge in [-0.15, -0.1) is 10.8 Å². The van der Waals surface area contributed by atoms with Gasteiger partial charge in [-0.3, -0.25) is 4.79 Å². The van der Waals surface area contributed by atoms with E-state index in [2.05, 4.69) is 17.2 Å². The zero-order valence-corrected chi connectivity index (χ0v) is 13.8. The molecule has 0 fully saturated rings. The molecule has 0 aliphatic carbocycles. The molecule has 0 radical (unpaired) electrons. The van der Waals surface area contributed by atoms with Gasteiger partial charge in [0.15, 0.2) is 0 Å². The maximum atomic E-state index is 12.4. The van der Waals surface area contributed by atoms with E-state index in [1.807, 2.05) is 24.3 Å². The van der Waals surface area contributed by atoms with Crippen molar-refractivity contribution in [3.8, 4) is 12.3 Å². The minimum Gasteiger partial charge on any atom is -0.271 e. The Hall–Kier alpha value is -1.64. The maximum Gasteiger partial charge on any atom is 0.262 e. The number of carbonyl (C=O) groups is 1. The van der Waals surface area contributed by atoms with Gasteiger partial charge in [-0.25, -0.2) is 8.51 Å². The van der Waals surface area contributed by atoms with Crippen LogP contribution in [0.4, 0.5) is 0 Å². The lowest BCUT2D eigenvalue weighted by Gasteiger charge is -2.16. The molecule has 21 heavy (non-hydrogen) atoms. The molecule has 1 amide bonds. The molecule has 0 bridgehead atoms. The fraction of sp³-hybridized carbons (Fsp3) is 0.438. The summed E-state index contributed by atoms with van der Waals surface area (Å²) >= 11 is 0. The quantitative estimate of drug-likeness (QED) is 0.785. The smallest absolute Gasteiger partial charge is 0.262 e. The summed E-state index contributed by atoms with van der Waals surface area (Å²) in [6.45, 7) is 4.03. The molecule has 0 spiro atoms. The number of rotatable bonds is 5. The van der Waals surface area contributed by atoms with Crippen molar-refractivity contribution in [1.29, 1.82) is 0 Å². The van der Waals surface area contributed by atoms with Gasteiger partial charge in [0.2, 0.25) is 0 Å². The summed E-state index contributed by atoms with van der Waals surface area (Å²) in [5, 5.41) is 0. The third-order valence-electron chi connectivity index (χ3n) is 3.41. The van der Waals surface area contributed by atoms with Crippen molar-refractivity contribution in [3.63, 3.8) is 0 Å². The predicted molar refractivity (Wildman–Crippen MR) is 87.2 cm³/mol. The topological polar surface area (TPSA) is 49.7 Å². The zero-order valence-electron chi connectivity index (χ0n) is 13.0. The molecule has 0 saturated carbocycles. The number of benzene rings is 1. The van der Waals surface area contributed by atoms with Crippen LogP contribution >= 0.6 is 0 Å². The first kappa shape index (κ1) is 17.4. The monoisotopic (exact) mass is 306 g/mol. The third-order valence-corrected chi connectivity index (χ3v) is 5.21. The lowest BCUT2D eigenvalue weighted by atomic mass is 9.99. The number of amides is 1. The van der Waals surface area contributed by atoms with Crippen molar-refractivity contribution in [1.82, 2.24) is 4.31 Å². The molecule has 0 N–H and O–H groups in total. The second-order valence-electron chi connectivity index (χ2n) is 5.00. The van der Waals surface area contributed by atoms with E-state index < -0.39 is 21.7 Å². The van der Waals surface area contributed by atoms with Gasteiger partial charge in [-0.1, -0.05) is 37.1 Å². The van der Waals surface area contributed by atoms with Crippen LogP contribution in [0.3, 0.4) is 0 Å². The number of hydrogen-bond acceptors (Lipinski definition) is 2. The van der Waals surface area contributed by atoms with Crippen molar-refractivity contribution in [3.05, 3.63) is 35.4 Å². The fourth-order valence-electron chi connectivity index (χ4n) is 1.75. The molecule has 2 unspecified atom stereocenters. The molecule has 0 aliphatic heterocycles. The predicted octanol–water partition coefficient (Wildman–Crippen LogP) is 2.46. The SMILES string of the molecule is C#CCN(C)S(C)(=O)=NC(=O)C(C)c1ccc(CC)cc1. The summed E-state index contributed by atoms with van der Waals surface area (Å²) < 4.78 is 17.6. The van der Waals surface area contributed by atoms with Crippen LogP contribution in [-0.2, 0) is 21.1 Å². The molecule has 114 valence electrons. The van der Waals surface area contributed by atoms with Gasteiger partial charge in [0.05, 0.1) is 12.5 Å². The molecule has 1 aromatic carbocycles. The molecule has 0 aromatic heterocycles. The van der Waals surface area contributed by atoms with Gasteiger partial charge >= 0.3 is 0 Å². The van der Waals surface area contributed by atoms with Crippen molar-refractivity contribution < 1.29 is 9.00 Å². The first-order valence-corrected chi connectivity index (χ1v) is 8.69. The first-order chi connectivity index (χ1) is 9.81. The summed E-state index contributed by atoms with van der Waals surface area (Å²) in [7, 11) is -1.17. The minimum absolute atomic E-state index is 0.186. The first-order valence-electron chi connectivity index (χ1n) is 6.81. The van der Waals surface area contributed by atoms with Crippen LogP contribution in [0.5, 0.6) is 0 Å². The number of terminal acetylenes is 1. The van der Waals surface area contributed by atoms with E-state index >= 15 is 0 Å². The molecule has 5 heteroatoms. The number of carbonyl (C=O) groups excluding carboxylic acids is 1. The van der Waals surface area contributed by atoms with Crippen molar-refractivity contribution in [2.24, 2.45) is 4.36 Å². The summed E-state index contributed by atoms with van der Waals surface area (Å²) in [6.07, 6.45) is 7.57. The lowest BCUT2D eigenvalue weighted by molar-refractivity contribution is -0.118. The lowest BCUT2D eigenvalue weighted by Crippen LogP contribution is -2.27. The fourth-order valence-corrected chi connectivity index (χ4v) is 2.69. The molecular formula is C16H22N2O2S. The van der Waals surface area contributed by atoms with E-state index in [-0.39, 0.29) is 6.54 Å². The Morgan fingerprint density at radius 1 is 1.43 bits per heavy atom. The van der Waals surface area contributed by atoms with Crippen LogP contribution in [0.15, 0.2) is 28.6 Å². The van der Waals surface area contributed by atoms with E-state index in [1.54, 1.807) is 14.0 Å². The highest BCUT2D eigenvalue weighted by Gasteiger charge is 2.18. The van der Waals surface area contributed by atoms with Crippen LogP contribution in [0.25, 0.3) is 0 Å². The van der Waals surface area contributed by atoms with Gasteiger partial charge in [-0.2, -0.15) is 0 Å². The Labute approximate surface area is 127 Å². The van der Waals surface area contributed by atoms with Gasteiger partial charge in [0.1, 0.15) is 9.92 Å². The van der Waals surface area contributed by atoms with E-state index in [0.717, 1.165) is 12.0 Å². The Bertz CT molecular complexity index is 650. The molecule has 1 rings (SSSR count). The van der Waals surface area contributed by atoms with Gasteiger partial charge in [0.25, 0.3) is 5.91 Å². The molecular weight excluding hydrogens is 284 g/mol. The zero-order chi connectivity index (χ0) is 16.0. The number of aryl methyl sites for hydroxylation is 1. The van der Waals surface area contributed by atoms with Gasteiger partial charge in [-0.05, 0) is 24.5 Å². The highest BCUT2D eigenvalue weighted by Crippen LogP contribution is 2.18. The highest BCUT2D eigenvalue weighted by atomic mass is 32.2. The molecule has 0 heterocycles. The highest BCUT2D eigenvalue weighted by molar-refractivity contribution is 7.90. The number of hydrogen-bond donors (Lipinski definition) is 0. The van der Waals surface area contributed by atoms with Crippen molar-refractivity contribution in [2.75, 3.05) is 19.8 Å². The Morgan fingerprint density at radius 2 is 2.00 bits per heavy atom. The molecule has 0 saturated heterocycles. The van der Waals surface area contributed by atoms with Crippen LogP contribution < -0.4 is 0 Å². The molecule has 0 aliphatic rings. The average Bonchev–Trinajstić information content (AvgIpc) is 2.46. The second-order valence-corrected chi connectivity index (χ2v) is 7.33. The molecule has 2 atom stereocenters. The second kappa shape index (κ2) is 7.39. The van der Waals surface area contributed by atoms with Gasteiger partial charge < -0.3 is 0 Å². The largest absolute Gasteiger partial charge is 0.271 e. The van der Waals surface area contributed by atoms with E-state index in [4.69, 9.17) is 6.42 Å².